The molecule has 0 radical (unpaired) electrons. The molecule has 1 aliphatic rings. The van der Waals surface area contributed by atoms with Crippen LogP contribution >= 0.6 is 22.9 Å². The van der Waals surface area contributed by atoms with Crippen molar-refractivity contribution >= 4 is 44.7 Å². The molecular weight excluding hydrogens is 384 g/mol. The number of anilines is 1. The van der Waals surface area contributed by atoms with E-state index in [1.54, 1.807) is 23.5 Å². The van der Waals surface area contributed by atoms with Gasteiger partial charge in [-0.1, -0.05) is 23.7 Å². The third-order valence-corrected chi connectivity index (χ3v) is 5.70. The molecule has 0 unspecified atom stereocenters. The number of hydrogen-bond acceptors (Lipinski definition) is 5. The summed E-state index contributed by atoms with van der Waals surface area (Å²) in [5.41, 5.74) is 1.60. The van der Waals surface area contributed by atoms with Crippen LogP contribution in [0, 0.1) is 0 Å². The van der Waals surface area contributed by atoms with Crippen LogP contribution in [0.2, 0.25) is 5.02 Å². The van der Waals surface area contributed by atoms with Crippen molar-refractivity contribution in [3.05, 3.63) is 46.4 Å². The SMILES string of the molecule is O=C(CCCCc1nc2ccccc2s1)Nc1cc2c(cc1Cl)OCCO2. The van der Waals surface area contributed by atoms with Crippen LogP contribution in [-0.2, 0) is 11.2 Å². The quantitative estimate of drug-likeness (QED) is 0.584. The molecule has 5 nitrogen and oxygen atoms in total. The molecule has 3 aromatic rings. The van der Waals surface area contributed by atoms with Gasteiger partial charge in [-0.15, -0.1) is 11.3 Å². The minimum atomic E-state index is -0.0575. The summed E-state index contributed by atoms with van der Waals surface area (Å²) in [6.45, 7) is 0.997. The zero-order chi connectivity index (χ0) is 18.6. The van der Waals surface area contributed by atoms with Crippen LogP contribution in [0.25, 0.3) is 10.2 Å². The van der Waals surface area contributed by atoms with Gasteiger partial charge < -0.3 is 14.8 Å². The molecule has 0 aliphatic carbocycles. The topological polar surface area (TPSA) is 60.5 Å². The second kappa shape index (κ2) is 8.15. The molecule has 1 aliphatic heterocycles. The van der Waals surface area contributed by atoms with Crippen molar-refractivity contribution in [3.63, 3.8) is 0 Å². The average Bonchev–Trinajstić information content (AvgIpc) is 3.09. The molecule has 1 amide bonds. The van der Waals surface area contributed by atoms with Gasteiger partial charge in [0, 0.05) is 18.6 Å². The van der Waals surface area contributed by atoms with Crippen molar-refractivity contribution < 1.29 is 14.3 Å². The maximum absolute atomic E-state index is 12.2. The van der Waals surface area contributed by atoms with E-state index in [2.05, 4.69) is 16.4 Å². The highest BCUT2D eigenvalue weighted by Gasteiger charge is 2.16. The Balaban J connectivity index is 1.27. The lowest BCUT2D eigenvalue weighted by Gasteiger charge is -2.20. The Bertz CT molecular complexity index is 940. The number of carbonyl (C=O) groups excluding carboxylic acids is 1. The number of carbonyl (C=O) groups is 1. The first-order valence-electron chi connectivity index (χ1n) is 8.92. The first kappa shape index (κ1) is 18.1. The third-order valence-electron chi connectivity index (χ3n) is 4.29. The summed E-state index contributed by atoms with van der Waals surface area (Å²) in [6.07, 6.45) is 3.04. The standard InChI is InChI=1S/C20H19ClN2O3S/c21-13-11-16-17(26-10-9-25-16)12-15(13)22-19(24)7-3-4-8-20-23-14-5-1-2-6-18(14)27-20/h1-2,5-6,11-12H,3-4,7-10H2,(H,22,24). The Kier molecular flexibility index (Phi) is 5.45. The van der Waals surface area contributed by atoms with Crippen molar-refractivity contribution in [2.75, 3.05) is 18.5 Å². The summed E-state index contributed by atoms with van der Waals surface area (Å²) in [7, 11) is 0. The number of fused-ring (bicyclic) bond motifs is 2. The highest BCUT2D eigenvalue weighted by Crippen LogP contribution is 2.38. The number of benzene rings is 2. The van der Waals surface area contributed by atoms with Gasteiger partial charge in [-0.2, -0.15) is 0 Å². The Morgan fingerprint density at radius 1 is 1.15 bits per heavy atom. The fraction of sp³-hybridized carbons (Fsp3) is 0.300. The Labute approximate surface area is 166 Å². The van der Waals surface area contributed by atoms with E-state index in [1.165, 1.54) is 4.70 Å². The molecule has 0 bridgehead atoms. The second-order valence-electron chi connectivity index (χ2n) is 6.31. The molecule has 7 heteroatoms. The van der Waals surface area contributed by atoms with Gasteiger partial charge >= 0.3 is 0 Å². The highest BCUT2D eigenvalue weighted by molar-refractivity contribution is 7.18. The van der Waals surface area contributed by atoms with Gasteiger partial charge in [0.15, 0.2) is 11.5 Å². The molecule has 4 rings (SSSR count). The monoisotopic (exact) mass is 402 g/mol. The van der Waals surface area contributed by atoms with Crippen LogP contribution in [0.1, 0.15) is 24.3 Å². The normalized spacial score (nSPS) is 12.9. The number of nitrogens with zero attached hydrogens (tertiary/aromatic N) is 1. The summed E-state index contributed by atoms with van der Waals surface area (Å²) >= 11 is 7.95. The highest BCUT2D eigenvalue weighted by atomic mass is 35.5. The van der Waals surface area contributed by atoms with Gasteiger partial charge in [-0.25, -0.2) is 4.98 Å². The Morgan fingerprint density at radius 3 is 2.74 bits per heavy atom. The smallest absolute Gasteiger partial charge is 0.224 e. The van der Waals surface area contributed by atoms with Crippen LogP contribution in [0.5, 0.6) is 11.5 Å². The van der Waals surface area contributed by atoms with Gasteiger partial charge in [0.05, 0.1) is 25.9 Å². The molecule has 27 heavy (non-hydrogen) atoms. The zero-order valence-electron chi connectivity index (χ0n) is 14.7. The molecule has 0 saturated heterocycles. The van der Waals surface area contributed by atoms with Crippen LogP contribution in [-0.4, -0.2) is 24.1 Å². The van der Waals surface area contributed by atoms with Crippen LogP contribution < -0.4 is 14.8 Å². The van der Waals surface area contributed by atoms with Gasteiger partial charge in [0.2, 0.25) is 5.91 Å². The lowest BCUT2D eigenvalue weighted by atomic mass is 10.2. The summed E-state index contributed by atoms with van der Waals surface area (Å²) in [6, 6.07) is 11.5. The number of unbranched alkanes of at least 4 members (excludes halogenated alkanes) is 1. The minimum Gasteiger partial charge on any atom is -0.486 e. The predicted octanol–water partition coefficient (Wildman–Crippen LogP) is 5.07. The average molecular weight is 403 g/mol. The fourth-order valence-electron chi connectivity index (χ4n) is 2.96. The van der Waals surface area contributed by atoms with Gasteiger partial charge in [-0.3, -0.25) is 4.79 Å². The predicted molar refractivity (Wildman–Crippen MR) is 108 cm³/mol. The third kappa shape index (κ3) is 4.34. The summed E-state index contributed by atoms with van der Waals surface area (Å²) in [4.78, 5) is 16.9. The van der Waals surface area contributed by atoms with E-state index in [0.717, 1.165) is 29.8 Å². The number of para-hydroxylation sites is 1. The number of amides is 1. The second-order valence-corrected chi connectivity index (χ2v) is 7.83. The van der Waals surface area contributed by atoms with Crippen LogP contribution in [0.3, 0.4) is 0 Å². The molecule has 0 fully saturated rings. The molecular formula is C20H19ClN2O3S. The van der Waals surface area contributed by atoms with Crippen molar-refractivity contribution in [1.82, 2.24) is 4.98 Å². The number of halogens is 1. The molecule has 2 heterocycles. The lowest BCUT2D eigenvalue weighted by Crippen LogP contribution is -2.16. The van der Waals surface area contributed by atoms with Crippen molar-refractivity contribution in [2.24, 2.45) is 0 Å². The van der Waals surface area contributed by atoms with E-state index >= 15 is 0 Å². The molecule has 0 atom stereocenters. The molecule has 1 aromatic heterocycles. The zero-order valence-corrected chi connectivity index (χ0v) is 16.2. The van der Waals surface area contributed by atoms with E-state index in [9.17, 15) is 4.79 Å². The number of hydrogen-bond donors (Lipinski definition) is 1. The minimum absolute atomic E-state index is 0.0575. The van der Waals surface area contributed by atoms with Crippen LogP contribution in [0.4, 0.5) is 5.69 Å². The number of ether oxygens (including phenoxy) is 2. The number of aromatic nitrogens is 1. The molecule has 140 valence electrons. The summed E-state index contributed by atoms with van der Waals surface area (Å²) in [5, 5.41) is 4.42. The van der Waals surface area contributed by atoms with Gasteiger partial charge in [0.1, 0.15) is 13.2 Å². The molecule has 1 N–H and O–H groups in total. The number of rotatable bonds is 6. The largest absolute Gasteiger partial charge is 0.486 e. The van der Waals surface area contributed by atoms with Gasteiger partial charge in [0.25, 0.3) is 0 Å². The molecule has 2 aromatic carbocycles. The summed E-state index contributed by atoms with van der Waals surface area (Å²) in [5.74, 6) is 1.16. The van der Waals surface area contributed by atoms with E-state index < -0.39 is 0 Å². The van der Waals surface area contributed by atoms with E-state index in [4.69, 9.17) is 21.1 Å². The molecule has 0 spiro atoms. The number of nitrogens with one attached hydrogen (secondary N) is 1. The van der Waals surface area contributed by atoms with Gasteiger partial charge in [-0.05, 0) is 31.4 Å². The number of thiazole rings is 1. The van der Waals surface area contributed by atoms with Crippen LogP contribution in [0.15, 0.2) is 36.4 Å². The van der Waals surface area contributed by atoms with E-state index in [-0.39, 0.29) is 5.91 Å². The van der Waals surface area contributed by atoms with Crippen molar-refractivity contribution in [2.45, 2.75) is 25.7 Å². The number of aryl methyl sites for hydroxylation is 1. The Hall–Kier alpha value is -2.31. The first-order valence-corrected chi connectivity index (χ1v) is 10.1. The van der Waals surface area contributed by atoms with E-state index in [0.29, 0.717) is 41.8 Å². The fourth-order valence-corrected chi connectivity index (χ4v) is 4.17. The Morgan fingerprint density at radius 2 is 1.93 bits per heavy atom. The van der Waals surface area contributed by atoms with Crippen molar-refractivity contribution in [1.29, 1.82) is 0 Å². The first-order chi connectivity index (χ1) is 13.2. The maximum Gasteiger partial charge on any atom is 0.224 e. The summed E-state index contributed by atoms with van der Waals surface area (Å²) < 4.78 is 12.2. The maximum atomic E-state index is 12.2. The molecule has 0 saturated carbocycles. The lowest BCUT2D eigenvalue weighted by molar-refractivity contribution is -0.116. The van der Waals surface area contributed by atoms with E-state index in [1.807, 2.05) is 18.2 Å². The van der Waals surface area contributed by atoms with Crippen molar-refractivity contribution in [3.8, 4) is 11.5 Å².